The fourth-order valence-electron chi connectivity index (χ4n) is 2.15. The van der Waals surface area contributed by atoms with E-state index in [0.29, 0.717) is 0 Å². The van der Waals surface area contributed by atoms with Gasteiger partial charge in [-0.3, -0.25) is 0 Å². The van der Waals surface area contributed by atoms with Gasteiger partial charge in [0.1, 0.15) is 5.01 Å². The second-order valence-electron chi connectivity index (χ2n) is 4.46. The monoisotopic (exact) mass is 353 g/mol. The normalized spacial score (nSPS) is 13.0. The van der Waals surface area contributed by atoms with Crippen molar-refractivity contribution in [2.75, 3.05) is 0 Å². The van der Waals surface area contributed by atoms with Crippen LogP contribution in [0.25, 0.3) is 11.0 Å². The van der Waals surface area contributed by atoms with Crippen LogP contribution in [0.4, 0.5) is 0 Å². The third-order valence-corrected chi connectivity index (χ3v) is 4.99. The molecular formula is C13H12BrN3S2. The van der Waals surface area contributed by atoms with Gasteiger partial charge in [-0.15, -0.1) is 11.3 Å². The molecule has 0 aliphatic heterocycles. The lowest BCUT2D eigenvalue weighted by atomic mass is 10.3. The van der Waals surface area contributed by atoms with Gasteiger partial charge in [-0.2, -0.15) is 0 Å². The molecule has 1 N–H and O–H groups in total. The van der Waals surface area contributed by atoms with Crippen molar-refractivity contribution in [3.8, 4) is 0 Å². The van der Waals surface area contributed by atoms with Crippen LogP contribution in [0.5, 0.6) is 0 Å². The van der Waals surface area contributed by atoms with Crippen LogP contribution in [-0.4, -0.2) is 14.5 Å². The molecule has 2 heterocycles. The summed E-state index contributed by atoms with van der Waals surface area (Å²) < 4.78 is 3.90. The summed E-state index contributed by atoms with van der Waals surface area (Å²) in [6, 6.07) is 6.26. The third kappa shape index (κ3) is 2.28. The molecule has 0 aliphatic carbocycles. The number of aryl methyl sites for hydroxylation is 1. The van der Waals surface area contributed by atoms with Gasteiger partial charge in [-0.1, -0.05) is 15.9 Å². The van der Waals surface area contributed by atoms with E-state index in [4.69, 9.17) is 12.2 Å². The predicted octanol–water partition coefficient (Wildman–Crippen LogP) is 4.84. The highest BCUT2D eigenvalue weighted by Gasteiger charge is 2.16. The van der Waals surface area contributed by atoms with Crippen molar-refractivity contribution in [2.24, 2.45) is 0 Å². The Morgan fingerprint density at radius 3 is 2.95 bits per heavy atom. The van der Waals surface area contributed by atoms with Gasteiger partial charge in [0.25, 0.3) is 0 Å². The number of aromatic nitrogens is 3. The van der Waals surface area contributed by atoms with Crippen molar-refractivity contribution >= 4 is 50.5 Å². The van der Waals surface area contributed by atoms with Gasteiger partial charge in [0.05, 0.1) is 17.1 Å². The SMILES string of the molecule is Cc1csc(C(C)n2c(=S)[nH]c3ccc(Br)cc32)n1. The van der Waals surface area contributed by atoms with Crippen molar-refractivity contribution in [3.63, 3.8) is 0 Å². The lowest BCUT2D eigenvalue weighted by molar-refractivity contribution is 0.643. The number of nitrogens with zero attached hydrogens (tertiary/aromatic N) is 2. The molecule has 98 valence electrons. The molecule has 0 saturated carbocycles. The van der Waals surface area contributed by atoms with E-state index in [2.05, 4.69) is 48.8 Å². The average Bonchev–Trinajstić information content (AvgIpc) is 2.91. The first-order chi connectivity index (χ1) is 9.06. The molecule has 3 rings (SSSR count). The molecule has 1 atom stereocenters. The number of benzene rings is 1. The van der Waals surface area contributed by atoms with E-state index >= 15 is 0 Å². The van der Waals surface area contributed by atoms with E-state index in [1.807, 2.05) is 19.1 Å². The number of nitrogens with one attached hydrogen (secondary N) is 1. The third-order valence-electron chi connectivity index (χ3n) is 3.06. The molecule has 3 nitrogen and oxygen atoms in total. The molecule has 2 aromatic heterocycles. The van der Waals surface area contributed by atoms with Crippen molar-refractivity contribution < 1.29 is 0 Å². The highest BCUT2D eigenvalue weighted by atomic mass is 79.9. The summed E-state index contributed by atoms with van der Waals surface area (Å²) in [4.78, 5) is 7.81. The Balaban J connectivity index is 2.21. The number of aromatic amines is 1. The lowest BCUT2D eigenvalue weighted by Gasteiger charge is -2.11. The van der Waals surface area contributed by atoms with E-state index < -0.39 is 0 Å². The zero-order valence-corrected chi connectivity index (χ0v) is 13.7. The molecule has 0 spiro atoms. The van der Waals surface area contributed by atoms with E-state index in [-0.39, 0.29) is 6.04 Å². The fraction of sp³-hybridized carbons (Fsp3) is 0.231. The largest absolute Gasteiger partial charge is 0.331 e. The van der Waals surface area contributed by atoms with E-state index in [1.165, 1.54) is 0 Å². The molecule has 0 fully saturated rings. The first-order valence-electron chi connectivity index (χ1n) is 5.88. The molecule has 1 aromatic carbocycles. The van der Waals surface area contributed by atoms with Gasteiger partial charge in [-0.25, -0.2) is 4.98 Å². The van der Waals surface area contributed by atoms with Gasteiger partial charge in [0, 0.05) is 15.5 Å². The zero-order valence-electron chi connectivity index (χ0n) is 10.5. The van der Waals surface area contributed by atoms with Crippen LogP contribution in [-0.2, 0) is 0 Å². The van der Waals surface area contributed by atoms with Crippen LogP contribution in [0.15, 0.2) is 28.1 Å². The number of thiazole rings is 1. The maximum atomic E-state index is 5.45. The Morgan fingerprint density at radius 1 is 1.47 bits per heavy atom. The molecule has 0 bridgehead atoms. The number of rotatable bonds is 2. The molecule has 19 heavy (non-hydrogen) atoms. The molecule has 1 unspecified atom stereocenters. The average molecular weight is 354 g/mol. The number of imidazole rings is 1. The van der Waals surface area contributed by atoms with Gasteiger partial charge in [0.2, 0.25) is 0 Å². The first kappa shape index (κ1) is 13.0. The summed E-state index contributed by atoms with van der Waals surface area (Å²) in [5, 5.41) is 3.15. The standard InChI is InChI=1S/C13H12BrN3S2/c1-7-6-19-12(15-7)8(2)17-11-5-9(14)3-4-10(11)16-13(17)18/h3-6,8H,1-2H3,(H,16,18). The topological polar surface area (TPSA) is 33.6 Å². The minimum Gasteiger partial charge on any atom is -0.331 e. The van der Waals surface area contributed by atoms with Crippen molar-refractivity contribution in [3.05, 3.63) is 43.5 Å². The number of hydrogen-bond donors (Lipinski definition) is 1. The number of halogens is 1. The first-order valence-corrected chi connectivity index (χ1v) is 7.96. The predicted molar refractivity (Wildman–Crippen MR) is 85.5 cm³/mol. The maximum Gasteiger partial charge on any atom is 0.178 e. The van der Waals surface area contributed by atoms with Crippen LogP contribution in [0.1, 0.15) is 23.7 Å². The summed E-state index contributed by atoms with van der Waals surface area (Å²) in [6.07, 6.45) is 0. The Morgan fingerprint density at radius 2 is 2.26 bits per heavy atom. The van der Waals surface area contributed by atoms with E-state index in [1.54, 1.807) is 11.3 Å². The van der Waals surface area contributed by atoms with Crippen molar-refractivity contribution in [1.82, 2.24) is 14.5 Å². The summed E-state index contributed by atoms with van der Waals surface area (Å²) in [6.45, 7) is 4.14. The Bertz CT molecular complexity index is 800. The van der Waals surface area contributed by atoms with E-state index in [9.17, 15) is 0 Å². The Hall–Kier alpha value is -0.980. The zero-order chi connectivity index (χ0) is 13.6. The molecule has 0 saturated heterocycles. The quantitative estimate of drug-likeness (QED) is 0.669. The minimum atomic E-state index is 0.134. The molecular weight excluding hydrogens is 342 g/mol. The van der Waals surface area contributed by atoms with E-state index in [0.717, 1.165) is 31.0 Å². The summed E-state index contributed by atoms with van der Waals surface area (Å²) in [5.74, 6) is 0. The van der Waals surface area contributed by atoms with Crippen LogP contribution in [0.2, 0.25) is 0 Å². The maximum absolute atomic E-state index is 5.45. The van der Waals surface area contributed by atoms with Crippen molar-refractivity contribution in [1.29, 1.82) is 0 Å². The summed E-state index contributed by atoms with van der Waals surface area (Å²) >= 11 is 10.6. The Kier molecular flexibility index (Phi) is 3.32. The number of fused-ring (bicyclic) bond motifs is 1. The molecule has 0 radical (unpaired) electrons. The summed E-state index contributed by atoms with van der Waals surface area (Å²) in [5.41, 5.74) is 3.20. The summed E-state index contributed by atoms with van der Waals surface area (Å²) in [7, 11) is 0. The minimum absolute atomic E-state index is 0.134. The second-order valence-corrected chi connectivity index (χ2v) is 6.66. The molecule has 6 heteroatoms. The fourth-order valence-corrected chi connectivity index (χ4v) is 3.71. The van der Waals surface area contributed by atoms with Gasteiger partial charge in [0.15, 0.2) is 4.77 Å². The van der Waals surface area contributed by atoms with Crippen LogP contribution >= 0.6 is 39.5 Å². The highest BCUT2D eigenvalue weighted by Crippen LogP contribution is 2.28. The van der Waals surface area contributed by atoms with Crippen LogP contribution in [0.3, 0.4) is 0 Å². The van der Waals surface area contributed by atoms with Crippen LogP contribution < -0.4 is 0 Å². The van der Waals surface area contributed by atoms with Gasteiger partial charge in [-0.05, 0) is 44.3 Å². The van der Waals surface area contributed by atoms with Crippen molar-refractivity contribution in [2.45, 2.75) is 19.9 Å². The second kappa shape index (κ2) is 4.85. The van der Waals surface area contributed by atoms with Crippen LogP contribution in [0, 0.1) is 11.7 Å². The van der Waals surface area contributed by atoms with Gasteiger partial charge >= 0.3 is 0 Å². The van der Waals surface area contributed by atoms with Gasteiger partial charge < -0.3 is 9.55 Å². The molecule has 3 aromatic rings. The molecule has 0 aliphatic rings. The highest BCUT2D eigenvalue weighted by molar-refractivity contribution is 9.10. The number of H-pyrrole nitrogens is 1. The number of hydrogen-bond acceptors (Lipinski definition) is 3. The lowest BCUT2D eigenvalue weighted by Crippen LogP contribution is -2.06. The molecule has 0 amide bonds. The Labute approximate surface area is 128 Å². The smallest absolute Gasteiger partial charge is 0.178 e.